The third-order valence-corrected chi connectivity index (χ3v) is 6.02. The largest absolute Gasteiger partial charge is 0.378 e. The average Bonchev–Trinajstić information content (AvgIpc) is 3.24. The van der Waals surface area contributed by atoms with E-state index >= 15 is 0 Å². The molecule has 0 atom stereocenters. The molecule has 4 heterocycles. The second kappa shape index (κ2) is 6.03. The third kappa shape index (κ3) is 2.39. The number of nitrogens with zero attached hydrogens (tertiary/aromatic N) is 5. The van der Waals surface area contributed by atoms with E-state index in [0.717, 1.165) is 46.3 Å². The molecule has 0 bridgehead atoms. The first-order chi connectivity index (χ1) is 12.7. The normalized spacial score (nSPS) is 15.2. The lowest BCUT2D eigenvalue weighted by Gasteiger charge is -2.27. The lowest BCUT2D eigenvalue weighted by atomic mass is 10.2. The SMILES string of the molecule is Cc1sc2nc(N3CCOCC3)n3nc(-c4ccccc4)nc3c2c1C. The van der Waals surface area contributed by atoms with E-state index in [1.807, 2.05) is 34.8 Å². The van der Waals surface area contributed by atoms with E-state index in [4.69, 9.17) is 19.8 Å². The number of thiophene rings is 1. The molecule has 1 aromatic carbocycles. The lowest BCUT2D eigenvalue weighted by Crippen LogP contribution is -2.38. The quantitative estimate of drug-likeness (QED) is 0.544. The number of hydrogen-bond donors (Lipinski definition) is 0. The average molecular weight is 365 g/mol. The van der Waals surface area contributed by atoms with Gasteiger partial charge in [0.05, 0.1) is 18.6 Å². The zero-order valence-corrected chi connectivity index (χ0v) is 15.6. The second-order valence-corrected chi connectivity index (χ2v) is 7.71. The summed E-state index contributed by atoms with van der Waals surface area (Å²) >= 11 is 1.73. The van der Waals surface area contributed by atoms with Gasteiger partial charge in [0.15, 0.2) is 11.5 Å². The zero-order valence-electron chi connectivity index (χ0n) is 14.8. The van der Waals surface area contributed by atoms with Crippen LogP contribution in [0.1, 0.15) is 10.4 Å². The number of ether oxygens (including phenoxy) is 1. The molecule has 4 aromatic rings. The zero-order chi connectivity index (χ0) is 17.7. The number of aryl methyl sites for hydroxylation is 2. The summed E-state index contributed by atoms with van der Waals surface area (Å²) < 4.78 is 7.42. The molecule has 0 aliphatic carbocycles. The summed E-state index contributed by atoms with van der Waals surface area (Å²) in [6.07, 6.45) is 0. The maximum Gasteiger partial charge on any atom is 0.230 e. The number of anilines is 1. The van der Waals surface area contributed by atoms with Crippen molar-refractivity contribution in [3.63, 3.8) is 0 Å². The van der Waals surface area contributed by atoms with E-state index in [1.165, 1.54) is 10.4 Å². The molecule has 0 radical (unpaired) electrons. The molecular weight excluding hydrogens is 346 g/mol. The van der Waals surface area contributed by atoms with Crippen LogP contribution in [0.4, 0.5) is 5.95 Å². The first-order valence-electron chi connectivity index (χ1n) is 8.77. The van der Waals surface area contributed by atoms with Crippen molar-refractivity contribution >= 4 is 33.1 Å². The minimum Gasteiger partial charge on any atom is -0.378 e. The van der Waals surface area contributed by atoms with Crippen LogP contribution in [0.25, 0.3) is 27.3 Å². The summed E-state index contributed by atoms with van der Waals surface area (Å²) in [4.78, 5) is 14.4. The Morgan fingerprint density at radius 2 is 1.81 bits per heavy atom. The molecule has 1 fully saturated rings. The Morgan fingerprint density at radius 1 is 1.04 bits per heavy atom. The van der Waals surface area contributed by atoms with Gasteiger partial charge in [-0.05, 0) is 19.4 Å². The van der Waals surface area contributed by atoms with Crippen LogP contribution >= 0.6 is 11.3 Å². The van der Waals surface area contributed by atoms with Crippen molar-refractivity contribution in [2.24, 2.45) is 0 Å². The maximum atomic E-state index is 5.51. The predicted molar refractivity (Wildman–Crippen MR) is 104 cm³/mol. The van der Waals surface area contributed by atoms with Gasteiger partial charge in [-0.3, -0.25) is 0 Å². The fraction of sp³-hybridized carbons (Fsp3) is 0.316. The van der Waals surface area contributed by atoms with Gasteiger partial charge in [-0.2, -0.15) is 4.52 Å². The van der Waals surface area contributed by atoms with E-state index in [9.17, 15) is 0 Å². The molecular formula is C19H19N5OS. The van der Waals surface area contributed by atoms with Gasteiger partial charge < -0.3 is 9.64 Å². The Bertz CT molecular complexity index is 1100. The molecule has 0 saturated carbocycles. The van der Waals surface area contributed by atoms with Crippen LogP contribution in [-0.4, -0.2) is 45.9 Å². The maximum absolute atomic E-state index is 5.51. The molecule has 132 valence electrons. The number of fused-ring (bicyclic) bond motifs is 3. The van der Waals surface area contributed by atoms with E-state index in [0.29, 0.717) is 13.2 Å². The third-order valence-electron chi connectivity index (χ3n) is 4.91. The first kappa shape index (κ1) is 15.7. The standard InChI is InChI=1S/C19H19N5OS/c1-12-13(2)26-18-15(12)17-20-16(14-6-4-3-5-7-14)22-24(17)19(21-18)23-8-10-25-11-9-23/h3-7H,8-11H2,1-2H3. The van der Waals surface area contributed by atoms with Crippen molar-refractivity contribution in [1.29, 1.82) is 0 Å². The van der Waals surface area contributed by atoms with Crippen molar-refractivity contribution in [2.45, 2.75) is 13.8 Å². The Kier molecular flexibility index (Phi) is 3.65. The highest BCUT2D eigenvalue weighted by atomic mass is 32.1. The first-order valence-corrected chi connectivity index (χ1v) is 9.58. The smallest absolute Gasteiger partial charge is 0.230 e. The van der Waals surface area contributed by atoms with Gasteiger partial charge in [-0.1, -0.05) is 30.3 Å². The highest BCUT2D eigenvalue weighted by molar-refractivity contribution is 7.18. The minimum atomic E-state index is 0.712. The second-order valence-electron chi connectivity index (χ2n) is 6.51. The molecule has 7 heteroatoms. The van der Waals surface area contributed by atoms with Gasteiger partial charge in [0.1, 0.15) is 4.83 Å². The molecule has 3 aromatic heterocycles. The van der Waals surface area contributed by atoms with Crippen LogP contribution in [0.15, 0.2) is 30.3 Å². The Balaban J connectivity index is 1.81. The van der Waals surface area contributed by atoms with Gasteiger partial charge in [0, 0.05) is 23.5 Å². The number of rotatable bonds is 2. The molecule has 6 nitrogen and oxygen atoms in total. The van der Waals surface area contributed by atoms with Gasteiger partial charge in [0.2, 0.25) is 5.95 Å². The number of hydrogen-bond acceptors (Lipinski definition) is 6. The molecule has 1 aliphatic rings. The lowest BCUT2D eigenvalue weighted by molar-refractivity contribution is 0.122. The van der Waals surface area contributed by atoms with E-state index < -0.39 is 0 Å². The van der Waals surface area contributed by atoms with Crippen LogP contribution in [0.2, 0.25) is 0 Å². The highest BCUT2D eigenvalue weighted by Crippen LogP contribution is 2.34. The van der Waals surface area contributed by atoms with Crippen LogP contribution < -0.4 is 4.90 Å². The molecule has 26 heavy (non-hydrogen) atoms. The van der Waals surface area contributed by atoms with E-state index in [1.54, 1.807) is 11.3 Å². The minimum absolute atomic E-state index is 0.712. The molecule has 1 aliphatic heterocycles. The van der Waals surface area contributed by atoms with Crippen LogP contribution in [-0.2, 0) is 4.74 Å². The predicted octanol–water partition coefficient (Wildman–Crippen LogP) is 3.46. The van der Waals surface area contributed by atoms with Crippen LogP contribution in [0.5, 0.6) is 0 Å². The van der Waals surface area contributed by atoms with Gasteiger partial charge >= 0.3 is 0 Å². The number of benzene rings is 1. The molecule has 0 unspecified atom stereocenters. The fourth-order valence-electron chi connectivity index (χ4n) is 3.38. The highest BCUT2D eigenvalue weighted by Gasteiger charge is 2.22. The van der Waals surface area contributed by atoms with Crippen molar-refractivity contribution < 1.29 is 4.74 Å². The Labute approximate surface area is 155 Å². The topological polar surface area (TPSA) is 55.6 Å². The number of aromatic nitrogens is 4. The summed E-state index contributed by atoms with van der Waals surface area (Å²) in [6.45, 7) is 7.34. The van der Waals surface area contributed by atoms with Gasteiger partial charge in [-0.15, -0.1) is 16.4 Å². The molecule has 1 saturated heterocycles. The van der Waals surface area contributed by atoms with Gasteiger partial charge in [0.25, 0.3) is 0 Å². The van der Waals surface area contributed by atoms with Crippen LogP contribution in [0.3, 0.4) is 0 Å². The molecule has 0 spiro atoms. The summed E-state index contributed by atoms with van der Waals surface area (Å²) in [6, 6.07) is 10.1. The van der Waals surface area contributed by atoms with E-state index in [2.05, 4.69) is 18.7 Å². The van der Waals surface area contributed by atoms with Crippen molar-refractivity contribution in [3.8, 4) is 11.4 Å². The monoisotopic (exact) mass is 365 g/mol. The van der Waals surface area contributed by atoms with Gasteiger partial charge in [-0.25, -0.2) is 9.97 Å². The van der Waals surface area contributed by atoms with Crippen LogP contribution in [0, 0.1) is 13.8 Å². The summed E-state index contributed by atoms with van der Waals surface area (Å²) in [5.74, 6) is 1.59. The summed E-state index contributed by atoms with van der Waals surface area (Å²) in [5, 5.41) is 5.93. The summed E-state index contributed by atoms with van der Waals surface area (Å²) in [5.41, 5.74) is 3.14. The molecule has 5 rings (SSSR count). The van der Waals surface area contributed by atoms with E-state index in [-0.39, 0.29) is 0 Å². The summed E-state index contributed by atoms with van der Waals surface area (Å²) in [7, 11) is 0. The molecule has 0 amide bonds. The molecule has 0 N–H and O–H groups in total. The van der Waals surface area contributed by atoms with Crippen molar-refractivity contribution in [1.82, 2.24) is 19.6 Å². The Morgan fingerprint density at radius 3 is 2.58 bits per heavy atom. The fourth-order valence-corrected chi connectivity index (χ4v) is 4.40. The van der Waals surface area contributed by atoms with Crippen molar-refractivity contribution in [3.05, 3.63) is 40.8 Å². The number of morpholine rings is 1. The van der Waals surface area contributed by atoms with Crippen molar-refractivity contribution in [2.75, 3.05) is 31.2 Å². The Hall–Kier alpha value is -2.51.